The normalized spacial score (nSPS) is 28.9. The van der Waals surface area contributed by atoms with Gasteiger partial charge in [-0.2, -0.15) is 0 Å². The first kappa shape index (κ1) is 9.05. The second-order valence-electron chi connectivity index (χ2n) is 3.70. The van der Waals surface area contributed by atoms with Crippen molar-refractivity contribution in [1.82, 2.24) is 5.32 Å². The molecule has 1 rings (SSSR count). The van der Waals surface area contributed by atoms with Crippen LogP contribution in [-0.4, -0.2) is 12.6 Å². The molecule has 1 heteroatoms. The lowest BCUT2D eigenvalue weighted by Crippen LogP contribution is -2.19. The summed E-state index contributed by atoms with van der Waals surface area (Å²) in [7, 11) is 0. The first-order valence-corrected chi connectivity index (χ1v) is 5.11. The smallest absolute Gasteiger partial charge is 0.00991 e. The molecule has 0 saturated heterocycles. The van der Waals surface area contributed by atoms with Crippen LogP contribution in [0.5, 0.6) is 0 Å². The largest absolute Gasteiger partial charge is 0.314 e. The summed E-state index contributed by atoms with van der Waals surface area (Å²) in [5.74, 6) is 1.02. The molecular weight excluding hydrogens is 134 g/mol. The molecule has 0 aliphatic heterocycles. The van der Waals surface area contributed by atoms with E-state index in [2.05, 4.69) is 19.2 Å². The average molecular weight is 155 g/mol. The molecule has 0 bridgehead atoms. The van der Waals surface area contributed by atoms with Crippen molar-refractivity contribution < 1.29 is 0 Å². The molecule has 0 heterocycles. The number of unbranched alkanes of at least 4 members (excludes halogenated alkanes) is 1. The van der Waals surface area contributed by atoms with Gasteiger partial charge in [0, 0.05) is 6.04 Å². The van der Waals surface area contributed by atoms with E-state index in [1.165, 1.54) is 38.6 Å². The van der Waals surface area contributed by atoms with Crippen molar-refractivity contribution >= 4 is 0 Å². The molecule has 11 heavy (non-hydrogen) atoms. The summed E-state index contributed by atoms with van der Waals surface area (Å²) < 4.78 is 0. The predicted molar refractivity (Wildman–Crippen MR) is 49.7 cm³/mol. The quantitative estimate of drug-likeness (QED) is 0.581. The van der Waals surface area contributed by atoms with E-state index in [0.717, 1.165) is 12.0 Å². The third-order valence-electron chi connectivity index (χ3n) is 2.52. The van der Waals surface area contributed by atoms with E-state index in [1.807, 2.05) is 0 Å². The molecule has 1 aliphatic rings. The maximum atomic E-state index is 3.59. The van der Waals surface area contributed by atoms with Crippen LogP contribution in [0.15, 0.2) is 0 Å². The first-order chi connectivity index (χ1) is 5.38. The summed E-state index contributed by atoms with van der Waals surface area (Å²) >= 11 is 0. The molecule has 1 aliphatic carbocycles. The van der Waals surface area contributed by atoms with Gasteiger partial charge in [-0.25, -0.2) is 0 Å². The Hall–Kier alpha value is -0.0400. The molecule has 0 spiro atoms. The fourth-order valence-corrected chi connectivity index (χ4v) is 1.65. The second kappa shape index (κ2) is 4.76. The second-order valence-corrected chi connectivity index (χ2v) is 3.70. The van der Waals surface area contributed by atoms with Gasteiger partial charge < -0.3 is 5.32 Å². The summed E-state index contributed by atoms with van der Waals surface area (Å²) in [6, 6.07) is 0.890. The molecule has 1 N–H and O–H groups in total. The van der Waals surface area contributed by atoms with Gasteiger partial charge in [-0.1, -0.05) is 26.7 Å². The van der Waals surface area contributed by atoms with E-state index in [-0.39, 0.29) is 0 Å². The van der Waals surface area contributed by atoms with Crippen LogP contribution in [0.3, 0.4) is 0 Å². The number of hydrogen-bond acceptors (Lipinski definition) is 1. The van der Waals surface area contributed by atoms with Gasteiger partial charge in [0.1, 0.15) is 0 Å². The molecule has 1 fully saturated rings. The lowest BCUT2D eigenvalue weighted by molar-refractivity contribution is 0.581. The van der Waals surface area contributed by atoms with E-state index < -0.39 is 0 Å². The maximum absolute atomic E-state index is 3.59. The van der Waals surface area contributed by atoms with Crippen LogP contribution in [0.4, 0.5) is 0 Å². The van der Waals surface area contributed by atoms with E-state index in [9.17, 15) is 0 Å². The highest BCUT2D eigenvalue weighted by atomic mass is 15.0. The van der Waals surface area contributed by atoms with Crippen LogP contribution in [0.2, 0.25) is 0 Å². The lowest BCUT2D eigenvalue weighted by Gasteiger charge is -2.01. The Balaban J connectivity index is 1.87. The molecule has 0 aromatic heterocycles. The van der Waals surface area contributed by atoms with E-state index in [4.69, 9.17) is 0 Å². The zero-order valence-electron chi connectivity index (χ0n) is 7.90. The van der Waals surface area contributed by atoms with Gasteiger partial charge in [0.05, 0.1) is 0 Å². The molecule has 0 aromatic carbocycles. The van der Waals surface area contributed by atoms with Crippen molar-refractivity contribution in [3.05, 3.63) is 0 Å². The molecule has 2 unspecified atom stereocenters. The van der Waals surface area contributed by atoms with Crippen molar-refractivity contribution in [3.63, 3.8) is 0 Å². The molecule has 0 radical (unpaired) electrons. The maximum Gasteiger partial charge on any atom is 0.00991 e. The summed E-state index contributed by atoms with van der Waals surface area (Å²) in [6.45, 7) is 5.76. The summed E-state index contributed by atoms with van der Waals surface area (Å²) in [5.41, 5.74) is 0. The minimum Gasteiger partial charge on any atom is -0.314 e. The molecular formula is C10H21N. The molecule has 1 saturated carbocycles. The standard InChI is InChI=1S/C10H21N/c1-3-5-7-11-10-8-9(10)6-4-2/h9-11H,3-8H2,1-2H3. The van der Waals surface area contributed by atoms with Gasteiger partial charge >= 0.3 is 0 Å². The Morgan fingerprint density at radius 1 is 1.27 bits per heavy atom. The van der Waals surface area contributed by atoms with Gasteiger partial charge in [0.15, 0.2) is 0 Å². The number of rotatable bonds is 6. The average Bonchev–Trinajstić information content (AvgIpc) is 2.70. The Bertz CT molecular complexity index is 101. The van der Waals surface area contributed by atoms with Crippen molar-refractivity contribution in [3.8, 4) is 0 Å². The SMILES string of the molecule is CCCCNC1CC1CCC. The highest BCUT2D eigenvalue weighted by Gasteiger charge is 2.34. The number of nitrogens with one attached hydrogen (secondary N) is 1. The van der Waals surface area contributed by atoms with Gasteiger partial charge in [-0.15, -0.1) is 0 Å². The summed E-state index contributed by atoms with van der Waals surface area (Å²) in [6.07, 6.45) is 6.89. The van der Waals surface area contributed by atoms with Gasteiger partial charge in [0.25, 0.3) is 0 Å². The Kier molecular flexibility index (Phi) is 3.92. The summed E-state index contributed by atoms with van der Waals surface area (Å²) in [4.78, 5) is 0. The third-order valence-corrected chi connectivity index (χ3v) is 2.52. The van der Waals surface area contributed by atoms with Crippen LogP contribution in [0.25, 0.3) is 0 Å². The fourth-order valence-electron chi connectivity index (χ4n) is 1.65. The van der Waals surface area contributed by atoms with Crippen LogP contribution in [0.1, 0.15) is 46.0 Å². The monoisotopic (exact) mass is 155 g/mol. The van der Waals surface area contributed by atoms with E-state index in [0.29, 0.717) is 0 Å². The molecule has 0 aromatic rings. The molecule has 66 valence electrons. The third kappa shape index (κ3) is 3.24. The minimum atomic E-state index is 0.890. The van der Waals surface area contributed by atoms with Crippen LogP contribution >= 0.6 is 0 Å². The van der Waals surface area contributed by atoms with Crippen LogP contribution in [-0.2, 0) is 0 Å². The summed E-state index contributed by atoms with van der Waals surface area (Å²) in [5, 5.41) is 3.59. The Labute approximate surface area is 70.6 Å². The molecule has 0 amide bonds. The van der Waals surface area contributed by atoms with Crippen LogP contribution in [0, 0.1) is 5.92 Å². The number of hydrogen-bond donors (Lipinski definition) is 1. The zero-order valence-corrected chi connectivity index (χ0v) is 7.90. The Morgan fingerprint density at radius 2 is 2.09 bits per heavy atom. The highest BCUT2D eigenvalue weighted by molar-refractivity contribution is 4.92. The minimum absolute atomic E-state index is 0.890. The van der Waals surface area contributed by atoms with Gasteiger partial charge in [0.2, 0.25) is 0 Å². The van der Waals surface area contributed by atoms with Crippen LogP contribution < -0.4 is 5.32 Å². The van der Waals surface area contributed by atoms with Crippen molar-refractivity contribution in [1.29, 1.82) is 0 Å². The van der Waals surface area contributed by atoms with Crippen molar-refractivity contribution in [2.24, 2.45) is 5.92 Å². The Morgan fingerprint density at radius 3 is 2.73 bits per heavy atom. The predicted octanol–water partition coefficient (Wildman–Crippen LogP) is 2.56. The van der Waals surface area contributed by atoms with Gasteiger partial charge in [-0.3, -0.25) is 0 Å². The van der Waals surface area contributed by atoms with E-state index in [1.54, 1.807) is 0 Å². The molecule has 2 atom stereocenters. The highest BCUT2D eigenvalue weighted by Crippen LogP contribution is 2.34. The molecule has 1 nitrogen and oxygen atoms in total. The van der Waals surface area contributed by atoms with Gasteiger partial charge in [-0.05, 0) is 31.7 Å². The van der Waals surface area contributed by atoms with E-state index >= 15 is 0 Å². The topological polar surface area (TPSA) is 12.0 Å². The van der Waals surface area contributed by atoms with Crippen molar-refractivity contribution in [2.75, 3.05) is 6.54 Å². The lowest BCUT2D eigenvalue weighted by atomic mass is 10.2. The van der Waals surface area contributed by atoms with Crippen molar-refractivity contribution in [2.45, 2.75) is 52.0 Å². The fraction of sp³-hybridized carbons (Fsp3) is 1.00. The first-order valence-electron chi connectivity index (χ1n) is 5.11. The zero-order chi connectivity index (χ0) is 8.10.